The lowest BCUT2D eigenvalue weighted by Gasteiger charge is -2.27. The van der Waals surface area contributed by atoms with Crippen molar-refractivity contribution < 1.29 is 25.2 Å². The highest BCUT2D eigenvalue weighted by Gasteiger charge is 2.28. The topological polar surface area (TPSA) is 110 Å². The van der Waals surface area contributed by atoms with Gasteiger partial charge in [-0.3, -0.25) is 4.79 Å². The molecule has 0 spiro atoms. The zero-order valence-corrected chi connectivity index (χ0v) is 34.8. The van der Waals surface area contributed by atoms with Crippen LogP contribution in [-0.4, -0.2) is 57.3 Å². The summed E-state index contributed by atoms with van der Waals surface area (Å²) >= 11 is 0. The third-order valence-electron chi connectivity index (χ3n) is 10.3. The molecule has 4 unspecified atom stereocenters. The molecule has 0 heterocycles. The highest BCUT2D eigenvalue weighted by molar-refractivity contribution is 5.80. The van der Waals surface area contributed by atoms with E-state index in [0.29, 0.717) is 19.3 Å². The van der Waals surface area contributed by atoms with Gasteiger partial charge in [0.1, 0.15) is 12.2 Å². The first-order valence-electron chi connectivity index (χ1n) is 22.5. The van der Waals surface area contributed by atoms with Gasteiger partial charge in [-0.2, -0.15) is 0 Å². The molecule has 6 heteroatoms. The first-order valence-corrected chi connectivity index (χ1v) is 22.5. The van der Waals surface area contributed by atoms with Crippen LogP contribution in [0.2, 0.25) is 0 Å². The average Bonchev–Trinajstić information content (AvgIpc) is 3.16. The molecule has 0 aromatic carbocycles. The summed E-state index contributed by atoms with van der Waals surface area (Å²) in [5.41, 5.74) is 0. The monoisotopic (exact) mass is 746 g/mol. The van der Waals surface area contributed by atoms with Gasteiger partial charge in [-0.25, -0.2) is 0 Å². The van der Waals surface area contributed by atoms with E-state index in [0.717, 1.165) is 51.4 Å². The van der Waals surface area contributed by atoms with E-state index < -0.39 is 36.9 Å². The Morgan fingerprint density at radius 1 is 0.491 bits per heavy atom. The molecule has 0 bridgehead atoms. The summed E-state index contributed by atoms with van der Waals surface area (Å²) < 4.78 is 0. The maximum absolute atomic E-state index is 12.5. The van der Waals surface area contributed by atoms with Gasteiger partial charge in [0.2, 0.25) is 5.91 Å². The first-order chi connectivity index (χ1) is 26.0. The van der Waals surface area contributed by atoms with Crippen molar-refractivity contribution in [2.24, 2.45) is 0 Å². The van der Waals surface area contributed by atoms with E-state index in [4.69, 9.17) is 0 Å². The van der Waals surface area contributed by atoms with Crippen LogP contribution in [-0.2, 0) is 4.79 Å². The fourth-order valence-corrected chi connectivity index (χ4v) is 6.73. The highest BCUT2D eigenvalue weighted by atomic mass is 16.3. The molecule has 0 aromatic heterocycles. The number of aliphatic hydroxyl groups excluding tert-OH is 4. The summed E-state index contributed by atoms with van der Waals surface area (Å²) in [6.45, 7) is 3.81. The second-order valence-electron chi connectivity index (χ2n) is 15.4. The van der Waals surface area contributed by atoms with Gasteiger partial charge in [0.15, 0.2) is 0 Å². The highest BCUT2D eigenvalue weighted by Crippen LogP contribution is 2.15. The summed E-state index contributed by atoms with van der Waals surface area (Å²) in [4.78, 5) is 12.5. The van der Waals surface area contributed by atoms with Crippen LogP contribution < -0.4 is 5.32 Å². The molecule has 53 heavy (non-hydrogen) atoms. The summed E-state index contributed by atoms with van der Waals surface area (Å²) in [6, 6.07) is -1.01. The Balaban J connectivity index is 3.71. The summed E-state index contributed by atoms with van der Waals surface area (Å²) in [5, 5.41) is 43.5. The Morgan fingerprint density at radius 3 is 1.30 bits per heavy atom. The van der Waals surface area contributed by atoms with Gasteiger partial charge in [-0.1, -0.05) is 178 Å². The lowest BCUT2D eigenvalue weighted by atomic mass is 10.00. The smallest absolute Gasteiger partial charge is 0.249 e. The number of hydrogen-bond donors (Lipinski definition) is 5. The Morgan fingerprint density at radius 2 is 0.868 bits per heavy atom. The molecule has 0 aliphatic rings. The molecule has 4 atom stereocenters. The molecule has 0 fully saturated rings. The van der Waals surface area contributed by atoms with Crippen LogP contribution in [0.1, 0.15) is 213 Å². The van der Waals surface area contributed by atoms with Crippen molar-refractivity contribution in [3.8, 4) is 0 Å². The molecule has 0 saturated heterocycles. The molecule has 0 radical (unpaired) electrons. The number of carbonyl (C=O) groups is 1. The lowest BCUT2D eigenvalue weighted by Crippen LogP contribution is -2.53. The van der Waals surface area contributed by atoms with Crippen LogP contribution >= 0.6 is 0 Å². The van der Waals surface area contributed by atoms with E-state index in [1.54, 1.807) is 0 Å². The fourth-order valence-electron chi connectivity index (χ4n) is 6.73. The van der Waals surface area contributed by atoms with E-state index in [1.807, 2.05) is 6.92 Å². The number of allylic oxidation sites excluding steroid dienone is 8. The van der Waals surface area contributed by atoms with Crippen molar-refractivity contribution in [3.63, 3.8) is 0 Å². The third-order valence-corrected chi connectivity index (χ3v) is 10.3. The van der Waals surface area contributed by atoms with Crippen LogP contribution in [0, 0.1) is 0 Å². The van der Waals surface area contributed by atoms with Crippen molar-refractivity contribution in [1.29, 1.82) is 0 Å². The van der Waals surface area contributed by atoms with Gasteiger partial charge in [0, 0.05) is 0 Å². The zero-order valence-electron chi connectivity index (χ0n) is 34.8. The van der Waals surface area contributed by atoms with Gasteiger partial charge in [-0.05, 0) is 84.0 Å². The van der Waals surface area contributed by atoms with Crippen molar-refractivity contribution in [2.45, 2.75) is 237 Å². The van der Waals surface area contributed by atoms with Crippen molar-refractivity contribution in [3.05, 3.63) is 48.6 Å². The second-order valence-corrected chi connectivity index (χ2v) is 15.4. The number of rotatable bonds is 40. The van der Waals surface area contributed by atoms with E-state index in [-0.39, 0.29) is 0 Å². The molecule has 0 aliphatic carbocycles. The van der Waals surface area contributed by atoms with Gasteiger partial charge in [-0.15, -0.1) is 0 Å². The maximum Gasteiger partial charge on any atom is 0.249 e. The van der Waals surface area contributed by atoms with Crippen molar-refractivity contribution in [2.75, 3.05) is 6.61 Å². The predicted octanol–water partition coefficient (Wildman–Crippen LogP) is 11.9. The van der Waals surface area contributed by atoms with E-state index in [2.05, 4.69) is 60.8 Å². The number of aliphatic hydroxyl groups is 4. The molecular weight excluding hydrogens is 659 g/mol. The van der Waals surface area contributed by atoms with Gasteiger partial charge in [0.25, 0.3) is 0 Å². The van der Waals surface area contributed by atoms with E-state index >= 15 is 0 Å². The zero-order chi connectivity index (χ0) is 38.9. The molecule has 310 valence electrons. The Labute approximate surface area is 328 Å². The molecule has 0 aliphatic heterocycles. The predicted molar refractivity (Wildman–Crippen MR) is 228 cm³/mol. The Hall–Kier alpha value is -1.73. The number of carbonyl (C=O) groups excluding carboxylic acids is 1. The number of hydrogen-bond acceptors (Lipinski definition) is 5. The first kappa shape index (κ1) is 51.3. The van der Waals surface area contributed by atoms with Crippen LogP contribution in [0.3, 0.4) is 0 Å². The molecular formula is C47H87NO5. The molecule has 1 amide bonds. The standard InChI is InChI=1S/C47H87NO5/c1-3-5-7-9-11-13-15-17-18-19-20-21-22-23-24-25-26-27-28-29-31-33-35-37-39-41-45(51)47(53)48-43(42-49)46(52)44(50)40-38-36-34-32-30-16-14-12-10-8-6-4-2/h4,6,12,14,23-24,32,34,43-46,49-52H,3,5,7-11,13,15-22,25-31,33,35-42H2,1-2H3,(H,48,53)/b6-4+,14-12+,24-23-,34-32+. The fraction of sp³-hybridized carbons (Fsp3) is 0.809. The molecule has 5 N–H and O–H groups in total. The minimum absolute atomic E-state index is 0.355. The average molecular weight is 746 g/mol. The van der Waals surface area contributed by atoms with Crippen molar-refractivity contribution >= 4 is 5.91 Å². The lowest BCUT2D eigenvalue weighted by molar-refractivity contribution is -0.132. The van der Waals surface area contributed by atoms with Crippen molar-refractivity contribution in [1.82, 2.24) is 5.32 Å². The third kappa shape index (κ3) is 35.7. The summed E-state index contributed by atoms with van der Waals surface area (Å²) in [7, 11) is 0. The minimum atomic E-state index is -1.29. The van der Waals surface area contributed by atoms with Crippen LogP contribution in [0.5, 0.6) is 0 Å². The van der Waals surface area contributed by atoms with Gasteiger partial charge < -0.3 is 25.7 Å². The van der Waals surface area contributed by atoms with Crippen LogP contribution in [0.15, 0.2) is 48.6 Å². The van der Waals surface area contributed by atoms with Gasteiger partial charge >= 0.3 is 0 Å². The van der Waals surface area contributed by atoms with E-state index in [1.165, 1.54) is 128 Å². The summed E-state index contributed by atoms with van der Waals surface area (Å²) in [5.74, 6) is -0.603. The molecule has 0 rings (SSSR count). The molecule has 0 aromatic rings. The SMILES string of the molecule is C/C=C/CC/C=C/CC/C=C/CCCC(O)C(O)C(CO)NC(=O)C(O)CCCCCCCCCCC/C=C\CCCCCCCCCCCCCC. The number of amides is 1. The van der Waals surface area contributed by atoms with Crippen LogP contribution in [0.4, 0.5) is 0 Å². The van der Waals surface area contributed by atoms with Crippen LogP contribution in [0.25, 0.3) is 0 Å². The Bertz CT molecular complexity index is 884. The molecule has 6 nitrogen and oxygen atoms in total. The second kappa shape index (κ2) is 41.4. The summed E-state index contributed by atoms with van der Waals surface area (Å²) in [6.07, 6.45) is 50.3. The quantitative estimate of drug-likeness (QED) is 0.0317. The largest absolute Gasteiger partial charge is 0.394 e. The van der Waals surface area contributed by atoms with E-state index in [9.17, 15) is 25.2 Å². The molecule has 0 saturated carbocycles. The number of nitrogens with one attached hydrogen (secondary N) is 1. The maximum atomic E-state index is 12.5. The minimum Gasteiger partial charge on any atom is -0.394 e. The normalized spacial score (nSPS) is 14.6. The van der Waals surface area contributed by atoms with Gasteiger partial charge in [0.05, 0.1) is 18.8 Å². The number of unbranched alkanes of at least 4 members (excludes halogenated alkanes) is 24. The Kier molecular flexibility index (Phi) is 40.1.